The van der Waals surface area contributed by atoms with Gasteiger partial charge in [0.25, 0.3) is 11.7 Å². The molecule has 2 N–H and O–H groups in total. The van der Waals surface area contributed by atoms with Gasteiger partial charge in [0.2, 0.25) is 0 Å². The van der Waals surface area contributed by atoms with Gasteiger partial charge in [-0.1, -0.05) is 6.07 Å². The van der Waals surface area contributed by atoms with Crippen LogP contribution in [-0.4, -0.2) is 69.0 Å². The number of hydrogen-bond donors (Lipinski definition) is 2. The van der Waals surface area contributed by atoms with Crippen LogP contribution < -0.4 is 0 Å². The lowest BCUT2D eigenvalue weighted by molar-refractivity contribution is -0.140. The number of aryl methyl sites for hydroxylation is 2. The Morgan fingerprint density at radius 3 is 2.63 bits per heavy atom. The van der Waals surface area contributed by atoms with Gasteiger partial charge in [0.1, 0.15) is 5.76 Å². The largest absolute Gasteiger partial charge is 0.507 e. The molecule has 1 amide bonds. The van der Waals surface area contributed by atoms with Gasteiger partial charge in [-0.05, 0) is 39.6 Å². The van der Waals surface area contributed by atoms with Gasteiger partial charge in [-0.3, -0.25) is 19.7 Å². The Morgan fingerprint density at radius 2 is 2.07 bits per heavy atom. The Kier molecular flexibility index (Phi) is 5.09. The van der Waals surface area contributed by atoms with Gasteiger partial charge in [-0.2, -0.15) is 5.10 Å². The third-order valence-electron chi connectivity index (χ3n) is 4.69. The van der Waals surface area contributed by atoms with Crippen molar-refractivity contribution in [2.45, 2.75) is 19.9 Å². The number of aromatic nitrogens is 3. The lowest BCUT2D eigenvalue weighted by atomic mass is 9.95. The zero-order valence-corrected chi connectivity index (χ0v) is 15.9. The van der Waals surface area contributed by atoms with E-state index in [0.29, 0.717) is 35.6 Å². The molecule has 1 aliphatic rings. The summed E-state index contributed by atoms with van der Waals surface area (Å²) in [5, 5.41) is 17.9. The van der Waals surface area contributed by atoms with Gasteiger partial charge in [0, 0.05) is 31.2 Å². The van der Waals surface area contributed by atoms with Crippen LogP contribution in [0, 0.1) is 13.8 Å². The number of likely N-dealkylation sites (tertiary alicyclic amines) is 1. The highest BCUT2D eigenvalue weighted by atomic mass is 16.3. The number of aliphatic hydroxyl groups excluding tert-OH is 1. The number of aromatic amines is 1. The summed E-state index contributed by atoms with van der Waals surface area (Å²) in [6.45, 7) is 4.45. The first kappa shape index (κ1) is 18.8. The van der Waals surface area contributed by atoms with E-state index in [1.54, 1.807) is 38.4 Å². The van der Waals surface area contributed by atoms with Crippen LogP contribution in [-0.2, 0) is 9.59 Å². The summed E-state index contributed by atoms with van der Waals surface area (Å²) in [7, 11) is 3.79. The molecule has 0 aliphatic carbocycles. The molecule has 3 rings (SSSR count). The molecular formula is C19H23N5O3. The summed E-state index contributed by atoms with van der Waals surface area (Å²) < 4.78 is 0. The van der Waals surface area contributed by atoms with E-state index in [-0.39, 0.29) is 11.3 Å². The molecule has 0 unspecified atom stereocenters. The van der Waals surface area contributed by atoms with Gasteiger partial charge >= 0.3 is 0 Å². The molecule has 1 fully saturated rings. The molecule has 1 saturated heterocycles. The second-order valence-electron chi connectivity index (χ2n) is 6.89. The Bertz CT molecular complexity index is 882. The van der Waals surface area contributed by atoms with Crippen LogP contribution in [0.4, 0.5) is 0 Å². The fourth-order valence-electron chi connectivity index (χ4n) is 3.34. The molecule has 0 radical (unpaired) electrons. The van der Waals surface area contributed by atoms with Crippen molar-refractivity contribution in [1.82, 2.24) is 25.0 Å². The van der Waals surface area contributed by atoms with E-state index in [0.717, 1.165) is 0 Å². The molecule has 1 atom stereocenters. The zero-order chi connectivity index (χ0) is 19.7. The standard InChI is InChI=1S/C19H23N5O3/c1-11-14(12(2)22-21-11)17(25)15-16(13-6-5-7-20-10-13)24(9-8-23(3)4)19(27)18(15)26/h5-7,10,16,25H,8-9H2,1-4H3,(H,21,22)/t16-/m1/s1. The van der Waals surface area contributed by atoms with Crippen LogP contribution in [0.5, 0.6) is 0 Å². The molecule has 8 heteroatoms. The van der Waals surface area contributed by atoms with Gasteiger partial charge in [0.05, 0.1) is 22.9 Å². The van der Waals surface area contributed by atoms with E-state index in [2.05, 4.69) is 15.2 Å². The number of carbonyl (C=O) groups is 2. The van der Waals surface area contributed by atoms with Crippen molar-refractivity contribution in [3.63, 3.8) is 0 Å². The lowest BCUT2D eigenvalue weighted by Crippen LogP contribution is -2.35. The number of aliphatic hydroxyl groups is 1. The molecule has 142 valence electrons. The number of rotatable bonds is 5. The fourth-order valence-corrected chi connectivity index (χ4v) is 3.34. The number of Topliss-reactive ketones (excluding diaryl/α,β-unsaturated/α-hetero) is 1. The molecule has 0 spiro atoms. The average Bonchev–Trinajstić information content (AvgIpc) is 3.10. The van der Waals surface area contributed by atoms with Crippen molar-refractivity contribution in [3.05, 3.63) is 52.6 Å². The third kappa shape index (κ3) is 3.35. The number of ketones is 1. The minimum atomic E-state index is -0.694. The van der Waals surface area contributed by atoms with Crippen molar-refractivity contribution < 1.29 is 14.7 Å². The third-order valence-corrected chi connectivity index (χ3v) is 4.69. The van der Waals surface area contributed by atoms with Crippen molar-refractivity contribution >= 4 is 17.4 Å². The molecule has 27 heavy (non-hydrogen) atoms. The van der Waals surface area contributed by atoms with E-state index < -0.39 is 17.7 Å². The second kappa shape index (κ2) is 7.32. The number of likely N-dealkylation sites (N-methyl/N-ethyl adjacent to an activating group) is 1. The first-order chi connectivity index (χ1) is 12.8. The maximum absolute atomic E-state index is 12.8. The SMILES string of the molecule is Cc1n[nH]c(C)c1C(O)=C1C(=O)C(=O)N(CCN(C)C)[C@@H]1c1cccnc1. The highest BCUT2D eigenvalue weighted by Crippen LogP contribution is 2.39. The number of nitrogens with zero attached hydrogens (tertiary/aromatic N) is 4. The smallest absolute Gasteiger partial charge is 0.295 e. The quantitative estimate of drug-likeness (QED) is 0.469. The summed E-state index contributed by atoms with van der Waals surface area (Å²) >= 11 is 0. The number of H-pyrrole nitrogens is 1. The lowest BCUT2D eigenvalue weighted by Gasteiger charge is -2.26. The van der Waals surface area contributed by atoms with Gasteiger partial charge in [-0.25, -0.2) is 0 Å². The van der Waals surface area contributed by atoms with Gasteiger partial charge < -0.3 is 14.9 Å². The molecule has 3 heterocycles. The van der Waals surface area contributed by atoms with Crippen LogP contribution in [0.3, 0.4) is 0 Å². The minimum absolute atomic E-state index is 0.0688. The van der Waals surface area contributed by atoms with Crippen molar-refractivity contribution in [1.29, 1.82) is 0 Å². The topological polar surface area (TPSA) is 102 Å². The number of nitrogens with one attached hydrogen (secondary N) is 1. The number of amides is 1. The Labute approximate surface area is 157 Å². The summed E-state index contributed by atoms with van der Waals surface area (Å²) in [6.07, 6.45) is 3.24. The first-order valence-corrected chi connectivity index (χ1v) is 8.68. The van der Waals surface area contributed by atoms with Crippen LogP contribution in [0.25, 0.3) is 5.76 Å². The van der Waals surface area contributed by atoms with Crippen LogP contribution in [0.1, 0.15) is 28.6 Å². The van der Waals surface area contributed by atoms with Crippen LogP contribution in [0.15, 0.2) is 30.1 Å². The van der Waals surface area contributed by atoms with Gasteiger partial charge in [-0.15, -0.1) is 0 Å². The normalized spacial score (nSPS) is 19.3. The minimum Gasteiger partial charge on any atom is -0.507 e. The number of hydrogen-bond acceptors (Lipinski definition) is 6. The molecule has 0 saturated carbocycles. The molecule has 0 aromatic carbocycles. The van der Waals surface area contributed by atoms with E-state index in [9.17, 15) is 14.7 Å². The molecule has 0 bridgehead atoms. The zero-order valence-electron chi connectivity index (χ0n) is 15.9. The summed E-state index contributed by atoms with van der Waals surface area (Å²) in [6, 6.07) is 2.86. The molecule has 8 nitrogen and oxygen atoms in total. The second-order valence-corrected chi connectivity index (χ2v) is 6.89. The van der Waals surface area contributed by atoms with Crippen LogP contribution >= 0.6 is 0 Å². The van der Waals surface area contributed by atoms with Crippen molar-refractivity contribution in [2.75, 3.05) is 27.2 Å². The number of pyridine rings is 1. The highest BCUT2D eigenvalue weighted by Gasteiger charge is 2.46. The van der Waals surface area contributed by atoms with Crippen molar-refractivity contribution in [3.8, 4) is 0 Å². The Hall–Kier alpha value is -3.00. The predicted octanol–water partition coefficient (Wildman–Crippen LogP) is 1.40. The molecule has 2 aromatic rings. The maximum Gasteiger partial charge on any atom is 0.295 e. The fraction of sp³-hybridized carbons (Fsp3) is 0.368. The maximum atomic E-state index is 12.8. The summed E-state index contributed by atoms with van der Waals surface area (Å²) in [5.74, 6) is -1.52. The predicted molar refractivity (Wildman–Crippen MR) is 99.9 cm³/mol. The Balaban J connectivity index is 2.17. The van der Waals surface area contributed by atoms with E-state index in [4.69, 9.17) is 0 Å². The summed E-state index contributed by atoms with van der Waals surface area (Å²) in [5.41, 5.74) is 2.40. The highest BCUT2D eigenvalue weighted by molar-refractivity contribution is 6.46. The van der Waals surface area contributed by atoms with Crippen LogP contribution in [0.2, 0.25) is 0 Å². The average molecular weight is 369 g/mol. The summed E-state index contributed by atoms with van der Waals surface area (Å²) in [4.78, 5) is 33.1. The first-order valence-electron chi connectivity index (χ1n) is 8.68. The molecule has 2 aromatic heterocycles. The molecule has 1 aliphatic heterocycles. The van der Waals surface area contributed by atoms with Crippen molar-refractivity contribution in [2.24, 2.45) is 0 Å². The molecular weight excluding hydrogens is 346 g/mol. The van der Waals surface area contributed by atoms with Gasteiger partial charge in [0.15, 0.2) is 0 Å². The number of carbonyl (C=O) groups excluding carboxylic acids is 2. The van der Waals surface area contributed by atoms with E-state index >= 15 is 0 Å². The van der Waals surface area contributed by atoms with E-state index in [1.165, 1.54) is 4.90 Å². The Morgan fingerprint density at radius 1 is 1.33 bits per heavy atom. The van der Waals surface area contributed by atoms with E-state index in [1.807, 2.05) is 19.0 Å². The monoisotopic (exact) mass is 369 g/mol.